The quantitative estimate of drug-likeness (QED) is 0.0439. The summed E-state index contributed by atoms with van der Waals surface area (Å²) >= 11 is 0. The highest BCUT2D eigenvalue weighted by Crippen LogP contribution is 2.29. The molecule has 54 heavy (non-hydrogen) atoms. The second-order valence-electron chi connectivity index (χ2n) is 14.9. The van der Waals surface area contributed by atoms with Crippen LogP contribution in [-0.2, 0) is 38.2 Å². The summed E-state index contributed by atoms with van der Waals surface area (Å²) in [6.45, 7) is 3.53. The van der Waals surface area contributed by atoms with Gasteiger partial charge in [0.2, 0.25) is 17.7 Å². The van der Waals surface area contributed by atoms with Crippen molar-refractivity contribution < 1.29 is 48.5 Å². The van der Waals surface area contributed by atoms with Gasteiger partial charge in [-0.25, -0.2) is 4.79 Å². The summed E-state index contributed by atoms with van der Waals surface area (Å²) in [5, 5.41) is 26.6. The summed E-state index contributed by atoms with van der Waals surface area (Å²) in [6, 6.07) is -1.15. The molecule has 1 rings (SSSR count). The summed E-state index contributed by atoms with van der Waals surface area (Å²) in [4.78, 5) is 70.9. The number of carbonyl (C=O) groups excluding carboxylic acids is 4. The fraction of sp³-hybridized carbons (Fsp3) is 0.854. The van der Waals surface area contributed by atoms with Gasteiger partial charge in [-0.15, -0.1) is 0 Å². The van der Waals surface area contributed by atoms with Gasteiger partial charge < -0.3 is 35.6 Å². The normalized spacial score (nSPS) is 16.0. The molecular weight excluding hydrogens is 694 g/mol. The molecule has 0 spiro atoms. The Labute approximate surface area is 324 Å². The zero-order valence-electron chi connectivity index (χ0n) is 33.3. The molecule has 0 unspecified atom stereocenters. The first-order valence-corrected chi connectivity index (χ1v) is 21.1. The third-order valence-electron chi connectivity index (χ3n) is 10.2. The molecule has 0 saturated heterocycles. The molecule has 1 atom stereocenters. The van der Waals surface area contributed by atoms with E-state index >= 15 is 0 Å². The topological polar surface area (TPSA) is 197 Å². The number of carboxylic acid groups (broad SMARTS) is 2. The van der Waals surface area contributed by atoms with Gasteiger partial charge in [0, 0.05) is 44.7 Å². The van der Waals surface area contributed by atoms with Crippen LogP contribution < -0.4 is 16.0 Å². The van der Waals surface area contributed by atoms with Crippen LogP contribution in [-0.4, -0.2) is 91.2 Å². The SMILES string of the molecule is CCC(=O)COCCOCCNC(=O)CC[C@H](NC(=O)[C@H]1CC[C@H](CNC(=O)CCCCCCCCCCCCCCCCCCC(=O)O)CC1)C(=O)O. The van der Waals surface area contributed by atoms with Crippen LogP contribution in [0.15, 0.2) is 0 Å². The largest absolute Gasteiger partial charge is 0.481 e. The van der Waals surface area contributed by atoms with E-state index in [0.717, 1.165) is 44.9 Å². The van der Waals surface area contributed by atoms with Crippen molar-refractivity contribution in [3.8, 4) is 0 Å². The molecule has 1 aliphatic rings. The van der Waals surface area contributed by atoms with E-state index in [-0.39, 0.29) is 68.6 Å². The summed E-state index contributed by atoms with van der Waals surface area (Å²) in [5.41, 5.74) is 0. The van der Waals surface area contributed by atoms with Gasteiger partial charge in [-0.1, -0.05) is 96.8 Å². The molecule has 5 N–H and O–H groups in total. The maximum absolute atomic E-state index is 12.9. The Morgan fingerprint density at radius 1 is 0.611 bits per heavy atom. The average Bonchev–Trinajstić information content (AvgIpc) is 3.15. The van der Waals surface area contributed by atoms with Crippen molar-refractivity contribution in [2.75, 3.05) is 39.5 Å². The maximum atomic E-state index is 12.9. The number of rotatable bonds is 36. The second kappa shape index (κ2) is 33.3. The summed E-state index contributed by atoms with van der Waals surface area (Å²) < 4.78 is 10.5. The number of nitrogens with one attached hydrogen (secondary N) is 3. The van der Waals surface area contributed by atoms with Crippen molar-refractivity contribution >= 4 is 35.4 Å². The van der Waals surface area contributed by atoms with Gasteiger partial charge in [-0.3, -0.25) is 24.0 Å². The summed E-state index contributed by atoms with van der Waals surface area (Å²) in [6.07, 6.45) is 23.0. The third kappa shape index (κ3) is 28.4. The zero-order chi connectivity index (χ0) is 39.7. The van der Waals surface area contributed by atoms with Crippen LogP contribution in [0.4, 0.5) is 0 Å². The average molecular weight is 768 g/mol. The van der Waals surface area contributed by atoms with Crippen molar-refractivity contribution in [1.29, 1.82) is 0 Å². The molecule has 3 amide bonds. The predicted octanol–water partition coefficient (Wildman–Crippen LogP) is 6.49. The van der Waals surface area contributed by atoms with Crippen molar-refractivity contribution in [3.05, 3.63) is 0 Å². The van der Waals surface area contributed by atoms with Crippen LogP contribution in [0.3, 0.4) is 0 Å². The number of carboxylic acids is 2. The lowest BCUT2D eigenvalue weighted by molar-refractivity contribution is -0.143. The predicted molar refractivity (Wildman–Crippen MR) is 208 cm³/mol. The first-order chi connectivity index (χ1) is 26.1. The zero-order valence-corrected chi connectivity index (χ0v) is 33.3. The lowest BCUT2D eigenvalue weighted by atomic mass is 9.81. The number of hydrogen-bond acceptors (Lipinski definition) is 8. The molecule has 1 saturated carbocycles. The van der Waals surface area contributed by atoms with Gasteiger partial charge >= 0.3 is 11.9 Å². The van der Waals surface area contributed by atoms with Crippen molar-refractivity contribution in [2.45, 2.75) is 173 Å². The van der Waals surface area contributed by atoms with E-state index in [1.54, 1.807) is 6.92 Å². The van der Waals surface area contributed by atoms with Gasteiger partial charge in [0.05, 0.1) is 19.8 Å². The molecule has 312 valence electrons. The summed E-state index contributed by atoms with van der Waals surface area (Å²) in [7, 11) is 0. The maximum Gasteiger partial charge on any atom is 0.326 e. The Morgan fingerprint density at radius 3 is 1.63 bits per heavy atom. The van der Waals surface area contributed by atoms with Crippen LogP contribution in [0.1, 0.15) is 167 Å². The number of aliphatic carboxylic acids is 2. The number of amides is 3. The lowest BCUT2D eigenvalue weighted by Gasteiger charge is -2.28. The smallest absolute Gasteiger partial charge is 0.326 e. The number of unbranched alkanes of at least 4 members (excludes halogenated alkanes) is 15. The number of ketones is 1. The fourth-order valence-corrected chi connectivity index (χ4v) is 6.69. The van der Waals surface area contributed by atoms with E-state index in [9.17, 15) is 33.9 Å². The van der Waals surface area contributed by atoms with E-state index in [1.807, 2.05) is 0 Å². The Hall–Kier alpha value is -3.06. The van der Waals surface area contributed by atoms with Gasteiger partial charge in [-0.2, -0.15) is 0 Å². The number of Topliss-reactive ketones (excluding diaryl/α,β-unsaturated/α-hetero) is 1. The second-order valence-corrected chi connectivity index (χ2v) is 14.9. The van der Waals surface area contributed by atoms with Crippen LogP contribution in [0.25, 0.3) is 0 Å². The van der Waals surface area contributed by atoms with Crippen molar-refractivity contribution in [2.24, 2.45) is 11.8 Å². The van der Waals surface area contributed by atoms with E-state index in [2.05, 4.69) is 16.0 Å². The van der Waals surface area contributed by atoms with Gasteiger partial charge in [0.15, 0.2) is 5.78 Å². The Balaban J connectivity index is 2.01. The first-order valence-electron chi connectivity index (χ1n) is 21.1. The van der Waals surface area contributed by atoms with Crippen LogP contribution >= 0.6 is 0 Å². The third-order valence-corrected chi connectivity index (χ3v) is 10.2. The molecule has 1 aliphatic carbocycles. The minimum atomic E-state index is -1.17. The molecule has 0 aliphatic heterocycles. The molecular formula is C41H73N3O10. The monoisotopic (exact) mass is 768 g/mol. The van der Waals surface area contributed by atoms with E-state index in [1.165, 1.54) is 70.6 Å². The number of ether oxygens (including phenoxy) is 2. The minimum absolute atomic E-state index is 0.0161. The van der Waals surface area contributed by atoms with Crippen molar-refractivity contribution in [1.82, 2.24) is 16.0 Å². The highest BCUT2D eigenvalue weighted by Gasteiger charge is 2.29. The molecule has 13 heteroatoms. The van der Waals surface area contributed by atoms with Gasteiger partial charge in [-0.05, 0) is 50.9 Å². The van der Waals surface area contributed by atoms with E-state index in [0.29, 0.717) is 51.2 Å². The molecule has 0 bridgehead atoms. The molecule has 0 radical (unpaired) electrons. The Kier molecular flexibility index (Phi) is 30.2. The van der Waals surface area contributed by atoms with Crippen molar-refractivity contribution in [3.63, 3.8) is 0 Å². The van der Waals surface area contributed by atoms with Gasteiger partial charge in [0.25, 0.3) is 0 Å². The van der Waals surface area contributed by atoms with Gasteiger partial charge in [0.1, 0.15) is 12.6 Å². The Bertz CT molecular complexity index is 1050. The lowest BCUT2D eigenvalue weighted by Crippen LogP contribution is -2.45. The highest BCUT2D eigenvalue weighted by atomic mass is 16.5. The molecule has 1 fully saturated rings. The molecule has 13 nitrogen and oxygen atoms in total. The molecule has 0 aromatic heterocycles. The minimum Gasteiger partial charge on any atom is -0.481 e. The standard InChI is InChI=1S/C41H73N3O10/c1-2-35(45)32-54-30-29-53-28-27-42-38(47)26-25-36(41(51)52)44-40(50)34-23-21-33(22-24-34)31-43-37(46)19-17-15-13-11-9-7-5-3-4-6-8-10-12-14-16-18-20-39(48)49/h33-34,36H,2-32H2,1H3,(H,42,47)(H,43,46)(H,44,50)(H,48,49)(H,51,52)/t33-,34-,36-/m0/s1. The number of carbonyl (C=O) groups is 6. The molecule has 0 aromatic carbocycles. The Morgan fingerprint density at radius 2 is 1.11 bits per heavy atom. The first kappa shape index (κ1) is 49.0. The fourth-order valence-electron chi connectivity index (χ4n) is 6.69. The van der Waals surface area contributed by atoms with Crippen LogP contribution in [0.2, 0.25) is 0 Å². The molecule has 0 heterocycles. The summed E-state index contributed by atoms with van der Waals surface area (Å²) in [5.74, 6) is -2.36. The molecule has 0 aromatic rings. The van der Waals surface area contributed by atoms with Crippen LogP contribution in [0.5, 0.6) is 0 Å². The highest BCUT2D eigenvalue weighted by molar-refractivity contribution is 5.85. The van der Waals surface area contributed by atoms with E-state index < -0.39 is 18.0 Å². The van der Waals surface area contributed by atoms with Crippen LogP contribution in [0, 0.1) is 11.8 Å². The van der Waals surface area contributed by atoms with E-state index in [4.69, 9.17) is 14.6 Å². The number of hydrogen-bond donors (Lipinski definition) is 5.